The second-order valence-corrected chi connectivity index (χ2v) is 4.95. The number of benzene rings is 1. The third kappa shape index (κ3) is 3.50. The van der Waals surface area contributed by atoms with Gasteiger partial charge < -0.3 is 9.84 Å². The molecule has 1 aromatic carbocycles. The summed E-state index contributed by atoms with van der Waals surface area (Å²) in [6, 6.07) is 6.58. The van der Waals surface area contributed by atoms with Gasteiger partial charge >= 0.3 is 0 Å². The largest absolute Gasteiger partial charge is 0.496 e. The van der Waals surface area contributed by atoms with Gasteiger partial charge in [-0.15, -0.1) is 0 Å². The molecular formula is C16H21NO2. The Morgan fingerprint density at radius 3 is 2.95 bits per heavy atom. The SMILES string of the molecule is COc1ccc(C#CCO)cc1CN1CCCC1C. The van der Waals surface area contributed by atoms with Crippen LogP contribution in [0.15, 0.2) is 18.2 Å². The predicted octanol–water partition coefficient (Wildman–Crippen LogP) is 2.02. The summed E-state index contributed by atoms with van der Waals surface area (Å²) in [7, 11) is 1.70. The van der Waals surface area contributed by atoms with Crippen molar-refractivity contribution in [1.82, 2.24) is 4.90 Å². The molecule has 1 saturated heterocycles. The summed E-state index contributed by atoms with van der Waals surface area (Å²) in [6.07, 6.45) is 2.54. The molecule has 0 saturated carbocycles. The molecule has 1 aliphatic heterocycles. The van der Waals surface area contributed by atoms with Crippen LogP contribution in [-0.4, -0.2) is 36.3 Å². The Hall–Kier alpha value is -1.50. The highest BCUT2D eigenvalue weighted by molar-refractivity contribution is 5.44. The molecule has 1 atom stereocenters. The van der Waals surface area contributed by atoms with E-state index in [1.54, 1.807) is 7.11 Å². The maximum atomic E-state index is 8.76. The topological polar surface area (TPSA) is 32.7 Å². The first-order valence-electron chi connectivity index (χ1n) is 6.75. The molecule has 1 N–H and O–H groups in total. The van der Waals surface area contributed by atoms with Gasteiger partial charge in [-0.1, -0.05) is 11.8 Å². The molecule has 1 heterocycles. The molecule has 0 bridgehead atoms. The number of hydrogen-bond donors (Lipinski definition) is 1. The monoisotopic (exact) mass is 259 g/mol. The lowest BCUT2D eigenvalue weighted by molar-refractivity contribution is 0.256. The van der Waals surface area contributed by atoms with E-state index in [2.05, 4.69) is 29.7 Å². The van der Waals surface area contributed by atoms with Crippen molar-refractivity contribution in [3.63, 3.8) is 0 Å². The first kappa shape index (κ1) is 13.9. The number of aliphatic hydroxyl groups excluding tert-OH is 1. The van der Waals surface area contributed by atoms with Crippen LogP contribution in [0.25, 0.3) is 0 Å². The van der Waals surface area contributed by atoms with Gasteiger partial charge in [0.15, 0.2) is 0 Å². The Bertz CT molecular complexity index is 487. The van der Waals surface area contributed by atoms with Crippen molar-refractivity contribution in [3.8, 4) is 17.6 Å². The van der Waals surface area contributed by atoms with Crippen molar-refractivity contribution < 1.29 is 9.84 Å². The van der Waals surface area contributed by atoms with E-state index in [1.165, 1.54) is 18.4 Å². The van der Waals surface area contributed by atoms with E-state index in [-0.39, 0.29) is 6.61 Å². The minimum Gasteiger partial charge on any atom is -0.496 e. The van der Waals surface area contributed by atoms with Crippen molar-refractivity contribution in [2.45, 2.75) is 32.4 Å². The summed E-state index contributed by atoms with van der Waals surface area (Å²) in [4.78, 5) is 2.47. The lowest BCUT2D eigenvalue weighted by atomic mass is 10.1. The number of likely N-dealkylation sites (tertiary alicyclic amines) is 1. The van der Waals surface area contributed by atoms with Gasteiger partial charge in [-0.3, -0.25) is 4.90 Å². The molecule has 19 heavy (non-hydrogen) atoms. The number of methoxy groups -OCH3 is 1. The van der Waals surface area contributed by atoms with Crippen LogP contribution in [0.2, 0.25) is 0 Å². The van der Waals surface area contributed by atoms with Crippen molar-refractivity contribution in [2.75, 3.05) is 20.3 Å². The lowest BCUT2D eigenvalue weighted by Gasteiger charge is -2.22. The van der Waals surface area contributed by atoms with Gasteiger partial charge in [-0.05, 0) is 44.5 Å². The third-order valence-corrected chi connectivity index (χ3v) is 3.66. The van der Waals surface area contributed by atoms with Gasteiger partial charge in [0.1, 0.15) is 12.4 Å². The normalized spacial score (nSPS) is 19.0. The average Bonchev–Trinajstić information content (AvgIpc) is 2.82. The van der Waals surface area contributed by atoms with E-state index in [0.717, 1.165) is 24.4 Å². The van der Waals surface area contributed by atoms with Crippen molar-refractivity contribution in [2.24, 2.45) is 0 Å². The lowest BCUT2D eigenvalue weighted by Crippen LogP contribution is -2.26. The standard InChI is InChI=1S/C16H21NO2/c1-13-5-3-9-17(13)12-15-11-14(6-4-10-18)7-8-16(15)19-2/h7-8,11,13,18H,3,5,9-10,12H2,1-2H3. The summed E-state index contributed by atoms with van der Waals surface area (Å²) >= 11 is 0. The first-order chi connectivity index (χ1) is 9.24. The van der Waals surface area contributed by atoms with Gasteiger partial charge in [0.25, 0.3) is 0 Å². The Labute approximate surface area is 115 Å². The fraction of sp³-hybridized carbons (Fsp3) is 0.500. The Balaban J connectivity index is 2.20. The molecule has 3 heteroatoms. The fourth-order valence-electron chi connectivity index (χ4n) is 2.57. The zero-order chi connectivity index (χ0) is 13.7. The summed E-state index contributed by atoms with van der Waals surface area (Å²) < 4.78 is 5.43. The predicted molar refractivity (Wildman–Crippen MR) is 76.1 cm³/mol. The second kappa shape index (κ2) is 6.60. The van der Waals surface area contributed by atoms with E-state index in [4.69, 9.17) is 9.84 Å². The van der Waals surface area contributed by atoms with Gasteiger partial charge in [0.05, 0.1) is 7.11 Å². The molecule has 1 fully saturated rings. The maximum Gasteiger partial charge on any atom is 0.123 e. The molecule has 0 aromatic heterocycles. The number of rotatable bonds is 3. The van der Waals surface area contributed by atoms with Crippen LogP contribution in [0, 0.1) is 11.8 Å². The van der Waals surface area contributed by atoms with Gasteiger partial charge in [-0.25, -0.2) is 0 Å². The third-order valence-electron chi connectivity index (χ3n) is 3.66. The molecule has 102 valence electrons. The molecule has 3 nitrogen and oxygen atoms in total. The molecular weight excluding hydrogens is 238 g/mol. The van der Waals surface area contributed by atoms with Crippen LogP contribution >= 0.6 is 0 Å². The molecule has 0 radical (unpaired) electrons. The quantitative estimate of drug-likeness (QED) is 0.843. The average molecular weight is 259 g/mol. The molecule has 1 aliphatic rings. The first-order valence-corrected chi connectivity index (χ1v) is 6.75. The highest BCUT2D eigenvalue weighted by Gasteiger charge is 2.21. The van der Waals surface area contributed by atoms with Crippen molar-refractivity contribution in [1.29, 1.82) is 0 Å². The number of aliphatic hydroxyl groups is 1. The highest BCUT2D eigenvalue weighted by atomic mass is 16.5. The van der Waals surface area contributed by atoms with E-state index in [0.29, 0.717) is 6.04 Å². The Kier molecular flexibility index (Phi) is 4.84. The molecule has 2 rings (SSSR count). The zero-order valence-electron chi connectivity index (χ0n) is 11.6. The van der Waals surface area contributed by atoms with Crippen molar-refractivity contribution in [3.05, 3.63) is 29.3 Å². The van der Waals surface area contributed by atoms with Crippen LogP contribution in [0.5, 0.6) is 5.75 Å². The molecule has 1 unspecified atom stereocenters. The van der Waals surface area contributed by atoms with Crippen LogP contribution in [0.4, 0.5) is 0 Å². The highest BCUT2D eigenvalue weighted by Crippen LogP contribution is 2.25. The van der Waals surface area contributed by atoms with Gasteiger partial charge in [0, 0.05) is 23.7 Å². The van der Waals surface area contributed by atoms with Gasteiger partial charge in [0.2, 0.25) is 0 Å². The molecule has 0 aliphatic carbocycles. The van der Waals surface area contributed by atoms with E-state index in [1.807, 2.05) is 12.1 Å². The summed E-state index contributed by atoms with van der Waals surface area (Å²) in [5.41, 5.74) is 2.10. The van der Waals surface area contributed by atoms with Crippen molar-refractivity contribution >= 4 is 0 Å². The Morgan fingerprint density at radius 2 is 2.32 bits per heavy atom. The number of ether oxygens (including phenoxy) is 1. The minimum atomic E-state index is -0.107. The van der Waals surface area contributed by atoms with E-state index < -0.39 is 0 Å². The molecule has 0 spiro atoms. The molecule has 1 aromatic rings. The van der Waals surface area contributed by atoms with Crippen LogP contribution in [-0.2, 0) is 6.54 Å². The van der Waals surface area contributed by atoms with Crippen LogP contribution in [0.1, 0.15) is 30.9 Å². The van der Waals surface area contributed by atoms with Crippen LogP contribution < -0.4 is 4.74 Å². The minimum absolute atomic E-state index is 0.107. The smallest absolute Gasteiger partial charge is 0.123 e. The van der Waals surface area contributed by atoms with E-state index >= 15 is 0 Å². The van der Waals surface area contributed by atoms with E-state index in [9.17, 15) is 0 Å². The summed E-state index contributed by atoms with van der Waals surface area (Å²) in [5, 5.41) is 8.76. The molecule has 0 amide bonds. The second-order valence-electron chi connectivity index (χ2n) is 4.95. The maximum absolute atomic E-state index is 8.76. The summed E-state index contributed by atoms with van der Waals surface area (Å²) in [6.45, 7) is 4.22. The zero-order valence-corrected chi connectivity index (χ0v) is 11.6. The van der Waals surface area contributed by atoms with Gasteiger partial charge in [-0.2, -0.15) is 0 Å². The number of hydrogen-bond acceptors (Lipinski definition) is 3. The summed E-state index contributed by atoms with van der Waals surface area (Å²) in [5.74, 6) is 6.54. The Morgan fingerprint density at radius 1 is 1.47 bits per heavy atom. The fourth-order valence-corrected chi connectivity index (χ4v) is 2.57. The number of nitrogens with zero attached hydrogens (tertiary/aromatic N) is 1. The van der Waals surface area contributed by atoms with Crippen LogP contribution in [0.3, 0.4) is 0 Å².